The van der Waals surface area contributed by atoms with Crippen LogP contribution in [0.15, 0.2) is 28.7 Å². The van der Waals surface area contributed by atoms with E-state index in [1.165, 1.54) is 44.7 Å². The van der Waals surface area contributed by atoms with Crippen LogP contribution in [0, 0.1) is 0 Å². The lowest BCUT2D eigenvalue weighted by molar-refractivity contribution is 0.130. The summed E-state index contributed by atoms with van der Waals surface area (Å²) < 4.78 is 1.13. The molecule has 0 bridgehead atoms. The highest BCUT2D eigenvalue weighted by molar-refractivity contribution is 9.10. The lowest BCUT2D eigenvalue weighted by atomic mass is 10.3. The maximum absolute atomic E-state index is 3.50. The van der Waals surface area contributed by atoms with Crippen LogP contribution in [0.25, 0.3) is 0 Å². The van der Waals surface area contributed by atoms with E-state index in [1.807, 2.05) is 0 Å². The van der Waals surface area contributed by atoms with Crippen molar-refractivity contribution in [3.8, 4) is 0 Å². The summed E-state index contributed by atoms with van der Waals surface area (Å²) in [5, 5.41) is 3.49. The van der Waals surface area contributed by atoms with E-state index in [-0.39, 0.29) is 0 Å². The first-order chi connectivity index (χ1) is 9.31. The van der Waals surface area contributed by atoms with Crippen LogP contribution in [-0.2, 0) is 0 Å². The Hall–Kier alpha value is -0.580. The normalized spacial score (nSPS) is 21.5. The molecule has 1 aliphatic heterocycles. The topological polar surface area (TPSA) is 18.5 Å². The van der Waals surface area contributed by atoms with Gasteiger partial charge >= 0.3 is 0 Å². The molecule has 104 valence electrons. The van der Waals surface area contributed by atoms with Crippen molar-refractivity contribution in [2.24, 2.45) is 0 Å². The molecule has 1 aliphatic carbocycles. The maximum atomic E-state index is 3.50. The number of piperazine rings is 1. The van der Waals surface area contributed by atoms with E-state index in [1.54, 1.807) is 0 Å². The Morgan fingerprint density at radius 2 is 1.95 bits per heavy atom. The fourth-order valence-electron chi connectivity index (χ4n) is 2.75. The second-order valence-electron chi connectivity index (χ2n) is 5.55. The lowest BCUT2D eigenvalue weighted by Crippen LogP contribution is -2.48. The van der Waals surface area contributed by atoms with E-state index in [4.69, 9.17) is 0 Å². The number of hydrogen-bond acceptors (Lipinski definition) is 3. The van der Waals surface area contributed by atoms with Crippen LogP contribution in [0.3, 0.4) is 0 Å². The standard InChI is InChI=1S/C15H22BrN3/c16-13-2-1-3-14(12-13)17-6-7-18-8-10-19(11-9-18)15-4-5-15/h1-3,12,15,17H,4-11H2. The summed E-state index contributed by atoms with van der Waals surface area (Å²) in [7, 11) is 0. The first-order valence-electron chi connectivity index (χ1n) is 7.27. The molecule has 3 nitrogen and oxygen atoms in total. The van der Waals surface area contributed by atoms with Crippen molar-refractivity contribution in [2.75, 3.05) is 44.6 Å². The van der Waals surface area contributed by atoms with Gasteiger partial charge in [-0.1, -0.05) is 22.0 Å². The molecular weight excluding hydrogens is 302 g/mol. The first-order valence-corrected chi connectivity index (χ1v) is 8.06. The van der Waals surface area contributed by atoms with E-state index >= 15 is 0 Å². The second kappa shape index (κ2) is 6.25. The third-order valence-electron chi connectivity index (χ3n) is 4.05. The quantitative estimate of drug-likeness (QED) is 0.898. The minimum absolute atomic E-state index is 0.932. The molecule has 0 amide bonds. The molecule has 1 saturated heterocycles. The molecule has 2 aliphatic rings. The molecule has 3 rings (SSSR count). The molecule has 0 aromatic heterocycles. The minimum atomic E-state index is 0.932. The predicted octanol–water partition coefficient (Wildman–Crippen LogP) is 2.64. The third-order valence-corrected chi connectivity index (χ3v) is 4.55. The van der Waals surface area contributed by atoms with Crippen molar-refractivity contribution in [1.29, 1.82) is 0 Å². The summed E-state index contributed by atoms with van der Waals surface area (Å²) in [5.74, 6) is 0. The zero-order chi connectivity index (χ0) is 13.1. The van der Waals surface area contributed by atoms with Gasteiger partial charge in [-0.3, -0.25) is 9.80 Å². The summed E-state index contributed by atoms with van der Waals surface area (Å²) in [6.07, 6.45) is 2.87. The van der Waals surface area contributed by atoms with Crippen molar-refractivity contribution in [2.45, 2.75) is 18.9 Å². The smallest absolute Gasteiger partial charge is 0.0351 e. The number of rotatable bonds is 5. The molecule has 19 heavy (non-hydrogen) atoms. The van der Waals surface area contributed by atoms with Crippen molar-refractivity contribution >= 4 is 21.6 Å². The van der Waals surface area contributed by atoms with E-state index in [0.29, 0.717) is 0 Å². The van der Waals surface area contributed by atoms with E-state index < -0.39 is 0 Å². The van der Waals surface area contributed by atoms with Crippen molar-refractivity contribution < 1.29 is 0 Å². The Balaban J connectivity index is 1.36. The van der Waals surface area contributed by atoms with Gasteiger partial charge in [-0.05, 0) is 31.0 Å². The molecule has 1 aromatic rings. The molecule has 2 fully saturated rings. The molecule has 1 aromatic carbocycles. The fraction of sp³-hybridized carbons (Fsp3) is 0.600. The van der Waals surface area contributed by atoms with Crippen LogP contribution in [-0.4, -0.2) is 55.1 Å². The summed E-state index contributed by atoms with van der Waals surface area (Å²) in [5.41, 5.74) is 1.20. The van der Waals surface area contributed by atoms with E-state index in [2.05, 4.69) is 55.3 Å². The number of hydrogen-bond donors (Lipinski definition) is 1. The van der Waals surface area contributed by atoms with Crippen molar-refractivity contribution in [1.82, 2.24) is 9.80 Å². The van der Waals surface area contributed by atoms with Gasteiger partial charge < -0.3 is 5.32 Å². The summed E-state index contributed by atoms with van der Waals surface area (Å²) >= 11 is 3.50. The van der Waals surface area contributed by atoms with Gasteiger partial charge in [0.15, 0.2) is 0 Å². The van der Waals surface area contributed by atoms with Crippen LogP contribution in [0.5, 0.6) is 0 Å². The molecule has 0 radical (unpaired) electrons. The van der Waals surface area contributed by atoms with Crippen LogP contribution >= 0.6 is 15.9 Å². The molecule has 4 heteroatoms. The minimum Gasteiger partial charge on any atom is -0.384 e. The second-order valence-corrected chi connectivity index (χ2v) is 6.46. The largest absolute Gasteiger partial charge is 0.384 e. The average Bonchev–Trinajstić information content (AvgIpc) is 3.24. The summed E-state index contributed by atoms with van der Waals surface area (Å²) in [4.78, 5) is 5.24. The van der Waals surface area contributed by atoms with Crippen LogP contribution < -0.4 is 5.32 Å². The number of nitrogens with zero attached hydrogens (tertiary/aromatic N) is 2. The van der Waals surface area contributed by atoms with Gasteiger partial charge in [0.1, 0.15) is 0 Å². The van der Waals surface area contributed by atoms with E-state index in [9.17, 15) is 0 Å². The Labute approximate surface area is 124 Å². The highest BCUT2D eigenvalue weighted by Crippen LogP contribution is 2.27. The van der Waals surface area contributed by atoms with E-state index in [0.717, 1.165) is 23.6 Å². The Morgan fingerprint density at radius 3 is 2.63 bits per heavy atom. The van der Waals surface area contributed by atoms with Crippen LogP contribution in [0.4, 0.5) is 5.69 Å². The Morgan fingerprint density at radius 1 is 1.16 bits per heavy atom. The predicted molar refractivity (Wildman–Crippen MR) is 83.7 cm³/mol. The number of nitrogens with one attached hydrogen (secondary N) is 1. The number of benzene rings is 1. The van der Waals surface area contributed by atoms with Gasteiger partial charge in [-0.2, -0.15) is 0 Å². The maximum Gasteiger partial charge on any atom is 0.0351 e. The van der Waals surface area contributed by atoms with Crippen molar-refractivity contribution in [3.63, 3.8) is 0 Å². The highest BCUT2D eigenvalue weighted by atomic mass is 79.9. The van der Waals surface area contributed by atoms with Gasteiger partial charge in [-0.25, -0.2) is 0 Å². The lowest BCUT2D eigenvalue weighted by Gasteiger charge is -2.34. The van der Waals surface area contributed by atoms with Gasteiger partial charge in [0.05, 0.1) is 0 Å². The first kappa shape index (κ1) is 13.4. The van der Waals surface area contributed by atoms with Gasteiger partial charge in [0.25, 0.3) is 0 Å². The van der Waals surface area contributed by atoms with Gasteiger partial charge in [0, 0.05) is 55.5 Å². The zero-order valence-corrected chi connectivity index (χ0v) is 12.9. The van der Waals surface area contributed by atoms with Gasteiger partial charge in [-0.15, -0.1) is 0 Å². The molecule has 1 N–H and O–H groups in total. The Bertz CT molecular complexity index is 412. The Kier molecular flexibility index (Phi) is 4.41. The third kappa shape index (κ3) is 3.94. The van der Waals surface area contributed by atoms with Crippen LogP contribution in [0.2, 0.25) is 0 Å². The molecule has 1 heterocycles. The number of anilines is 1. The van der Waals surface area contributed by atoms with Crippen molar-refractivity contribution in [3.05, 3.63) is 28.7 Å². The SMILES string of the molecule is Brc1cccc(NCCN2CCN(C3CC3)CC2)c1. The molecule has 0 unspecified atom stereocenters. The monoisotopic (exact) mass is 323 g/mol. The molecule has 0 spiro atoms. The summed E-state index contributed by atoms with van der Waals surface area (Å²) in [6, 6.07) is 9.31. The van der Waals surface area contributed by atoms with Gasteiger partial charge in [0.2, 0.25) is 0 Å². The average molecular weight is 324 g/mol. The number of halogens is 1. The molecular formula is C15H22BrN3. The molecule has 1 saturated carbocycles. The molecule has 0 atom stereocenters. The highest BCUT2D eigenvalue weighted by Gasteiger charge is 2.30. The van der Waals surface area contributed by atoms with Crippen LogP contribution in [0.1, 0.15) is 12.8 Å². The zero-order valence-electron chi connectivity index (χ0n) is 11.3. The summed E-state index contributed by atoms with van der Waals surface area (Å²) in [6.45, 7) is 7.17. The fourth-order valence-corrected chi connectivity index (χ4v) is 3.15.